The van der Waals surface area contributed by atoms with Crippen LogP contribution >= 0.6 is 0 Å². The van der Waals surface area contributed by atoms with E-state index < -0.39 is 65.2 Å². The molecule has 1 aromatic carbocycles. The third-order valence-corrected chi connectivity index (χ3v) is 5.55. The van der Waals surface area contributed by atoms with Gasteiger partial charge in [-0.3, -0.25) is 0 Å². The van der Waals surface area contributed by atoms with Gasteiger partial charge >= 0.3 is 47.6 Å². The van der Waals surface area contributed by atoms with Gasteiger partial charge in [-0.15, -0.1) is 0 Å². The summed E-state index contributed by atoms with van der Waals surface area (Å²) in [5.41, 5.74) is -3.75. The fraction of sp³-hybridized carbons (Fsp3) is 0.714. The van der Waals surface area contributed by atoms with Crippen molar-refractivity contribution in [2.75, 3.05) is 0 Å². The van der Waals surface area contributed by atoms with Crippen LogP contribution in [0, 0.1) is 5.92 Å². The highest BCUT2D eigenvalue weighted by Gasteiger charge is 2.95. The number of aliphatic hydroxyl groups is 1. The Morgan fingerprint density at radius 3 is 1.38 bits per heavy atom. The zero-order valence-corrected chi connectivity index (χ0v) is 19.7. The smallest absolute Gasteiger partial charge is 0.385 e. The van der Waals surface area contributed by atoms with Gasteiger partial charge in [-0.05, 0) is 30.4 Å². The van der Waals surface area contributed by atoms with Crippen molar-refractivity contribution < 1.29 is 79.7 Å². The summed E-state index contributed by atoms with van der Waals surface area (Å²) in [6.07, 6.45) is -10.6. The SMILES string of the molecule is CC(C)Cc1cccc(C(C)(O)CC(F)(F)C(F)(F)C(F)(F)C(F)(F)C(F)(F)C(F)(F)C(F)(F)C(F)(F)F)c1. The van der Waals surface area contributed by atoms with Crippen LogP contribution in [0.5, 0.6) is 0 Å². The number of hydrogen-bond acceptors (Lipinski definition) is 1. The van der Waals surface area contributed by atoms with Crippen molar-refractivity contribution in [1.82, 2.24) is 0 Å². The summed E-state index contributed by atoms with van der Waals surface area (Å²) in [6, 6.07) is 4.12. The molecule has 0 aliphatic heterocycles. The molecule has 0 saturated carbocycles. The molecule has 0 heterocycles. The molecule has 1 nitrogen and oxygen atoms in total. The molecule has 39 heavy (non-hydrogen) atoms. The Bertz CT molecular complexity index is 1010. The van der Waals surface area contributed by atoms with Gasteiger partial charge in [0, 0.05) is 0 Å². The summed E-state index contributed by atoms with van der Waals surface area (Å²) in [5, 5.41) is 10.3. The predicted molar refractivity (Wildman–Crippen MR) is 99.9 cm³/mol. The van der Waals surface area contributed by atoms with Crippen LogP contribution in [-0.2, 0) is 12.0 Å². The lowest BCUT2D eigenvalue weighted by Gasteiger charge is -2.43. The van der Waals surface area contributed by atoms with Crippen LogP contribution in [0.3, 0.4) is 0 Å². The first-order valence-electron chi connectivity index (χ1n) is 10.4. The number of hydrogen-bond donors (Lipinski definition) is 1. The Kier molecular flexibility index (Phi) is 8.82. The molecule has 0 amide bonds. The topological polar surface area (TPSA) is 20.2 Å². The number of rotatable bonds is 11. The van der Waals surface area contributed by atoms with Gasteiger partial charge in [-0.25, -0.2) is 0 Å². The van der Waals surface area contributed by atoms with Gasteiger partial charge in [-0.1, -0.05) is 38.1 Å². The third-order valence-electron chi connectivity index (χ3n) is 5.55. The molecule has 1 N–H and O–H groups in total. The molecule has 1 aromatic rings. The largest absolute Gasteiger partial charge is 0.460 e. The summed E-state index contributed by atoms with van der Waals surface area (Å²) < 4.78 is 228. The maximum absolute atomic E-state index is 14.3. The minimum atomic E-state index is -8.68. The summed E-state index contributed by atoms with van der Waals surface area (Å²) >= 11 is 0. The Balaban J connectivity index is 3.59. The van der Waals surface area contributed by atoms with Gasteiger partial charge in [0.15, 0.2) is 0 Å². The average molecular weight is 610 g/mol. The van der Waals surface area contributed by atoms with E-state index in [0.29, 0.717) is 0 Å². The molecule has 0 spiro atoms. The second-order valence-corrected chi connectivity index (χ2v) is 9.40. The number of benzene rings is 1. The average Bonchev–Trinajstić information content (AvgIpc) is 2.71. The molecule has 0 fully saturated rings. The minimum Gasteiger partial charge on any atom is -0.385 e. The van der Waals surface area contributed by atoms with Gasteiger partial charge in [0.25, 0.3) is 0 Å². The van der Waals surface area contributed by atoms with Crippen LogP contribution in [0.4, 0.5) is 74.6 Å². The zero-order valence-electron chi connectivity index (χ0n) is 19.7. The standard InChI is InChI=1S/C21H19F17O/c1-10(2)7-11-5-4-6-12(8-11)13(3,39)9-14(22,23)15(24,25)16(26,27)17(28,29)18(30,31)19(32,33)20(34,35)21(36,37)38/h4-6,8,10,39H,7,9H2,1-3H3. The van der Waals surface area contributed by atoms with Gasteiger partial charge in [0.2, 0.25) is 0 Å². The fourth-order valence-electron chi connectivity index (χ4n) is 3.35. The Labute approximate surface area is 209 Å². The van der Waals surface area contributed by atoms with Crippen LogP contribution in [0.1, 0.15) is 38.3 Å². The lowest BCUT2D eigenvalue weighted by atomic mass is 9.82. The van der Waals surface area contributed by atoms with E-state index in [1.54, 1.807) is 13.8 Å². The van der Waals surface area contributed by atoms with Gasteiger partial charge in [0.05, 0.1) is 12.0 Å². The second kappa shape index (κ2) is 9.82. The highest BCUT2D eigenvalue weighted by atomic mass is 19.4. The zero-order chi connectivity index (χ0) is 31.5. The number of halogens is 17. The van der Waals surface area contributed by atoms with Crippen LogP contribution in [-0.4, -0.2) is 52.7 Å². The molecule has 1 unspecified atom stereocenters. The third kappa shape index (κ3) is 5.49. The summed E-state index contributed by atoms with van der Waals surface area (Å²) in [4.78, 5) is 0. The van der Waals surface area contributed by atoms with Gasteiger partial charge in [0.1, 0.15) is 0 Å². The van der Waals surface area contributed by atoms with E-state index in [1.165, 1.54) is 6.07 Å². The monoisotopic (exact) mass is 610 g/mol. The van der Waals surface area contributed by atoms with E-state index in [2.05, 4.69) is 0 Å². The molecule has 0 bridgehead atoms. The Morgan fingerprint density at radius 2 is 1.00 bits per heavy atom. The second-order valence-electron chi connectivity index (χ2n) is 9.40. The molecule has 228 valence electrons. The van der Waals surface area contributed by atoms with E-state index in [1.807, 2.05) is 0 Å². The Hall–Kier alpha value is -2.01. The van der Waals surface area contributed by atoms with Crippen molar-refractivity contribution in [3.63, 3.8) is 0 Å². The predicted octanol–water partition coefficient (Wildman–Crippen LogP) is 8.49. The molecule has 0 aliphatic carbocycles. The van der Waals surface area contributed by atoms with E-state index in [-0.39, 0.29) is 24.8 Å². The normalized spacial score (nSPS) is 17.0. The lowest BCUT2D eigenvalue weighted by Crippen LogP contribution is -2.74. The van der Waals surface area contributed by atoms with E-state index in [9.17, 15) is 79.7 Å². The van der Waals surface area contributed by atoms with E-state index in [4.69, 9.17) is 0 Å². The van der Waals surface area contributed by atoms with Crippen LogP contribution < -0.4 is 0 Å². The molecule has 0 radical (unpaired) electrons. The van der Waals surface area contributed by atoms with Crippen LogP contribution in [0.2, 0.25) is 0 Å². The summed E-state index contributed by atoms with van der Waals surface area (Å²) in [6.45, 7) is 3.60. The van der Waals surface area contributed by atoms with Crippen molar-refractivity contribution >= 4 is 0 Å². The highest BCUT2D eigenvalue weighted by molar-refractivity contribution is 5.29. The lowest BCUT2D eigenvalue weighted by molar-refractivity contribution is -0.462. The van der Waals surface area contributed by atoms with Crippen molar-refractivity contribution in [3.05, 3.63) is 35.4 Å². The molecular weight excluding hydrogens is 591 g/mol. The molecule has 0 aliphatic rings. The highest BCUT2D eigenvalue weighted by Crippen LogP contribution is 2.64. The molecule has 0 aromatic heterocycles. The van der Waals surface area contributed by atoms with Crippen molar-refractivity contribution in [2.45, 2.75) is 86.8 Å². The summed E-state index contributed by atoms with van der Waals surface area (Å²) in [5.74, 6) is -57.1. The first-order chi connectivity index (χ1) is 16.8. The van der Waals surface area contributed by atoms with Crippen LogP contribution in [0.25, 0.3) is 0 Å². The molecule has 18 heteroatoms. The van der Waals surface area contributed by atoms with Crippen LogP contribution in [0.15, 0.2) is 24.3 Å². The Morgan fingerprint density at radius 1 is 0.615 bits per heavy atom. The molecule has 1 rings (SSSR count). The fourth-order valence-corrected chi connectivity index (χ4v) is 3.35. The van der Waals surface area contributed by atoms with Crippen molar-refractivity contribution in [2.24, 2.45) is 5.92 Å². The van der Waals surface area contributed by atoms with E-state index >= 15 is 0 Å². The summed E-state index contributed by atoms with van der Waals surface area (Å²) in [7, 11) is 0. The minimum absolute atomic E-state index is 0.110. The van der Waals surface area contributed by atoms with Gasteiger partial charge < -0.3 is 5.11 Å². The molecule has 1 atom stereocenters. The maximum Gasteiger partial charge on any atom is 0.460 e. The molecule has 0 saturated heterocycles. The van der Waals surface area contributed by atoms with Crippen molar-refractivity contribution in [3.8, 4) is 0 Å². The molecular formula is C21H19F17O. The van der Waals surface area contributed by atoms with Gasteiger partial charge in [-0.2, -0.15) is 74.6 Å². The first-order valence-corrected chi connectivity index (χ1v) is 10.4. The van der Waals surface area contributed by atoms with E-state index in [0.717, 1.165) is 18.2 Å². The quantitative estimate of drug-likeness (QED) is 0.249. The van der Waals surface area contributed by atoms with Crippen molar-refractivity contribution in [1.29, 1.82) is 0 Å². The number of alkyl halides is 17. The maximum atomic E-state index is 14.3. The first kappa shape index (κ1) is 35.0.